The number of carbonyl (C=O) groups is 1. The molecule has 1 N–H and O–H groups in total. The molecule has 116 valence electrons. The van der Waals surface area contributed by atoms with Gasteiger partial charge in [-0.1, -0.05) is 13.0 Å². The first-order valence-corrected chi connectivity index (χ1v) is 7.43. The molecule has 0 heterocycles. The van der Waals surface area contributed by atoms with Crippen LogP contribution in [0.3, 0.4) is 0 Å². The second kappa shape index (κ2) is 6.89. The molecule has 21 heavy (non-hydrogen) atoms. The predicted molar refractivity (Wildman–Crippen MR) is 77.7 cm³/mol. The summed E-state index contributed by atoms with van der Waals surface area (Å²) in [6.45, 7) is 4.85. The summed E-state index contributed by atoms with van der Waals surface area (Å²) in [7, 11) is 0. The van der Waals surface area contributed by atoms with Crippen molar-refractivity contribution in [2.45, 2.75) is 32.2 Å². The van der Waals surface area contributed by atoms with Crippen molar-refractivity contribution >= 4 is 5.97 Å². The number of hydrogen-bond acceptors (Lipinski definition) is 4. The molecule has 0 amide bonds. The van der Waals surface area contributed by atoms with E-state index < -0.39 is 5.54 Å². The number of nitrogens with one attached hydrogen (secondary N) is 1. The first-order valence-electron chi connectivity index (χ1n) is 7.43. The zero-order valence-electron chi connectivity index (χ0n) is 12.5. The van der Waals surface area contributed by atoms with E-state index in [1.165, 1.54) is 12.1 Å². The smallest absolute Gasteiger partial charge is 0.330 e. The van der Waals surface area contributed by atoms with E-state index in [0.29, 0.717) is 18.9 Å². The number of carbonyl (C=O) groups excluding carboxylic acids is 1. The third kappa shape index (κ3) is 3.73. The second-order valence-electron chi connectivity index (χ2n) is 5.24. The molecule has 0 bridgehead atoms. The van der Waals surface area contributed by atoms with Crippen molar-refractivity contribution in [3.05, 3.63) is 30.1 Å². The van der Waals surface area contributed by atoms with Gasteiger partial charge in [0.25, 0.3) is 0 Å². The van der Waals surface area contributed by atoms with Gasteiger partial charge in [-0.05, 0) is 44.4 Å². The van der Waals surface area contributed by atoms with Crippen LogP contribution >= 0.6 is 0 Å². The van der Waals surface area contributed by atoms with Gasteiger partial charge in [-0.15, -0.1) is 0 Å². The van der Waals surface area contributed by atoms with Gasteiger partial charge in [0.15, 0.2) is 5.54 Å². The number of hydrogen-bond donors (Lipinski definition) is 1. The summed E-state index contributed by atoms with van der Waals surface area (Å²) < 4.78 is 24.1. The van der Waals surface area contributed by atoms with Crippen molar-refractivity contribution in [1.82, 2.24) is 5.32 Å². The van der Waals surface area contributed by atoms with E-state index in [4.69, 9.17) is 9.47 Å². The Hall–Kier alpha value is -1.62. The minimum Gasteiger partial charge on any atom is -0.491 e. The summed E-state index contributed by atoms with van der Waals surface area (Å²) in [5.41, 5.74) is -0.836. The summed E-state index contributed by atoms with van der Waals surface area (Å²) >= 11 is 0. The Labute approximate surface area is 124 Å². The summed E-state index contributed by atoms with van der Waals surface area (Å²) in [6.07, 6.45) is 1.94. The first kappa shape index (κ1) is 15.8. The van der Waals surface area contributed by atoms with Crippen molar-refractivity contribution < 1.29 is 18.7 Å². The van der Waals surface area contributed by atoms with Crippen LogP contribution in [0.1, 0.15) is 26.7 Å². The quantitative estimate of drug-likeness (QED) is 0.749. The van der Waals surface area contributed by atoms with E-state index in [1.807, 2.05) is 6.92 Å². The van der Waals surface area contributed by atoms with Gasteiger partial charge in [-0.25, -0.2) is 9.18 Å². The highest BCUT2D eigenvalue weighted by atomic mass is 19.1. The molecule has 0 radical (unpaired) electrons. The molecule has 1 atom stereocenters. The summed E-state index contributed by atoms with van der Waals surface area (Å²) in [4.78, 5) is 12.4. The van der Waals surface area contributed by atoms with Crippen LogP contribution in [-0.4, -0.2) is 31.3 Å². The number of ether oxygens (including phenoxy) is 2. The molecule has 0 saturated heterocycles. The lowest BCUT2D eigenvalue weighted by Gasteiger charge is -2.32. The molecular weight excluding hydrogens is 273 g/mol. The van der Waals surface area contributed by atoms with Gasteiger partial charge in [0.2, 0.25) is 0 Å². The lowest BCUT2D eigenvalue weighted by Crippen LogP contribution is -2.59. The summed E-state index contributed by atoms with van der Waals surface area (Å²) in [6, 6.07) is 5.93. The van der Waals surface area contributed by atoms with Crippen LogP contribution in [0.4, 0.5) is 4.39 Å². The number of likely N-dealkylation sites (N-methyl/N-ethyl adjacent to an activating group) is 1. The second-order valence-corrected chi connectivity index (χ2v) is 5.24. The fourth-order valence-corrected chi connectivity index (χ4v) is 2.52. The van der Waals surface area contributed by atoms with Crippen LogP contribution in [0.25, 0.3) is 0 Å². The number of esters is 1. The molecule has 2 rings (SSSR count). The monoisotopic (exact) mass is 295 g/mol. The molecular formula is C16H22FNO3. The molecule has 1 aromatic carbocycles. The van der Waals surface area contributed by atoms with E-state index in [1.54, 1.807) is 19.1 Å². The van der Waals surface area contributed by atoms with Gasteiger partial charge < -0.3 is 9.47 Å². The Bertz CT molecular complexity index is 490. The molecule has 1 aromatic rings. The maximum atomic E-state index is 13.2. The van der Waals surface area contributed by atoms with Crippen LogP contribution in [0.2, 0.25) is 0 Å². The fourth-order valence-electron chi connectivity index (χ4n) is 2.52. The Kier molecular flexibility index (Phi) is 5.17. The number of halogens is 1. The molecule has 1 aliphatic carbocycles. The van der Waals surface area contributed by atoms with Crippen molar-refractivity contribution in [1.29, 1.82) is 0 Å². The van der Waals surface area contributed by atoms with Crippen molar-refractivity contribution in [3.8, 4) is 5.75 Å². The van der Waals surface area contributed by atoms with Crippen LogP contribution in [0, 0.1) is 11.7 Å². The lowest BCUT2D eigenvalue weighted by molar-refractivity contribution is -0.154. The maximum absolute atomic E-state index is 13.2. The summed E-state index contributed by atoms with van der Waals surface area (Å²) in [5.74, 6) is -0.0119. The van der Waals surface area contributed by atoms with Crippen LogP contribution in [-0.2, 0) is 9.53 Å². The molecule has 0 aliphatic heterocycles. The highest BCUT2D eigenvalue weighted by Crippen LogP contribution is 2.41. The molecule has 0 aromatic heterocycles. The van der Waals surface area contributed by atoms with Gasteiger partial charge in [-0.2, -0.15) is 0 Å². The van der Waals surface area contributed by atoms with Gasteiger partial charge in [0.05, 0.1) is 6.61 Å². The third-order valence-corrected chi connectivity index (χ3v) is 3.67. The Morgan fingerprint density at radius 3 is 2.76 bits per heavy atom. The Morgan fingerprint density at radius 2 is 2.19 bits per heavy atom. The molecule has 4 nitrogen and oxygen atoms in total. The largest absolute Gasteiger partial charge is 0.491 e. The number of benzene rings is 1. The van der Waals surface area contributed by atoms with Gasteiger partial charge >= 0.3 is 5.97 Å². The third-order valence-electron chi connectivity index (χ3n) is 3.67. The van der Waals surface area contributed by atoms with Crippen LogP contribution in [0.15, 0.2) is 24.3 Å². The van der Waals surface area contributed by atoms with Crippen molar-refractivity contribution in [2.75, 3.05) is 19.8 Å². The zero-order chi connectivity index (χ0) is 15.3. The Morgan fingerprint density at radius 1 is 1.43 bits per heavy atom. The van der Waals surface area contributed by atoms with E-state index in [2.05, 4.69) is 5.32 Å². The van der Waals surface area contributed by atoms with Crippen LogP contribution < -0.4 is 10.1 Å². The predicted octanol–water partition coefficient (Wildman–Crippen LogP) is 2.53. The highest BCUT2D eigenvalue weighted by molar-refractivity contribution is 5.82. The van der Waals surface area contributed by atoms with Crippen molar-refractivity contribution in [3.63, 3.8) is 0 Å². The van der Waals surface area contributed by atoms with E-state index in [9.17, 15) is 9.18 Å². The minimum atomic E-state index is -0.836. The maximum Gasteiger partial charge on any atom is 0.330 e. The first-order chi connectivity index (χ1) is 10.1. The molecule has 5 heteroatoms. The fraction of sp³-hybridized carbons (Fsp3) is 0.562. The molecule has 1 unspecified atom stereocenters. The van der Waals surface area contributed by atoms with E-state index in [0.717, 1.165) is 12.8 Å². The van der Waals surface area contributed by atoms with Gasteiger partial charge in [0.1, 0.15) is 18.2 Å². The lowest BCUT2D eigenvalue weighted by atomic mass is 9.94. The van der Waals surface area contributed by atoms with Gasteiger partial charge in [0, 0.05) is 6.07 Å². The minimum absolute atomic E-state index is 0.147. The average molecular weight is 295 g/mol. The van der Waals surface area contributed by atoms with Crippen LogP contribution in [0.5, 0.6) is 5.75 Å². The molecule has 1 aliphatic rings. The zero-order valence-corrected chi connectivity index (χ0v) is 12.5. The topological polar surface area (TPSA) is 47.6 Å². The number of rotatable bonds is 8. The molecule has 0 spiro atoms. The Balaban J connectivity index is 2.13. The SMILES string of the molecule is CCNC(COc1cccc(F)c1)(C(=O)OCC)C1CC1. The van der Waals surface area contributed by atoms with Crippen molar-refractivity contribution in [2.24, 2.45) is 5.92 Å². The van der Waals surface area contributed by atoms with E-state index in [-0.39, 0.29) is 24.3 Å². The summed E-state index contributed by atoms with van der Waals surface area (Å²) in [5, 5.41) is 3.23. The standard InChI is InChI=1S/C16H22FNO3/c1-3-18-16(12-8-9-12,15(19)20-4-2)11-21-14-7-5-6-13(17)10-14/h5-7,10,12,18H,3-4,8-9,11H2,1-2H3. The highest BCUT2D eigenvalue weighted by Gasteiger charge is 2.52. The average Bonchev–Trinajstić information content (AvgIpc) is 3.29. The molecule has 1 saturated carbocycles. The molecule has 1 fully saturated rings. The van der Waals surface area contributed by atoms with Gasteiger partial charge in [-0.3, -0.25) is 5.32 Å². The normalized spacial score (nSPS) is 17.1. The van der Waals surface area contributed by atoms with E-state index >= 15 is 0 Å².